The van der Waals surface area contributed by atoms with E-state index in [1.165, 1.54) is 6.07 Å². The van der Waals surface area contributed by atoms with E-state index in [1.807, 2.05) is 17.0 Å². The fraction of sp³-hybridized carbons (Fsp3) is 0.450. The van der Waals surface area contributed by atoms with Crippen molar-refractivity contribution in [2.24, 2.45) is 11.7 Å². The number of nitrogens with two attached hydrogens (primary N) is 1. The van der Waals surface area contributed by atoms with Crippen LogP contribution in [-0.2, 0) is 0 Å². The molecule has 5 heteroatoms. The largest absolute Gasteiger partial charge is 0.369 e. The number of hydrogen-bond acceptors (Lipinski definition) is 3. The minimum absolute atomic E-state index is 0.0694. The molecule has 0 aromatic heterocycles. The molecule has 1 unspecified atom stereocenters. The van der Waals surface area contributed by atoms with E-state index < -0.39 is 0 Å². The van der Waals surface area contributed by atoms with Gasteiger partial charge in [-0.3, -0.25) is 4.79 Å². The summed E-state index contributed by atoms with van der Waals surface area (Å²) in [5.41, 5.74) is 8.07. The molecule has 2 aliphatic carbocycles. The van der Waals surface area contributed by atoms with Crippen LogP contribution in [0.1, 0.15) is 47.5 Å². The Hall–Kier alpha value is -2.01. The minimum atomic E-state index is -0.372. The highest BCUT2D eigenvalue weighted by Crippen LogP contribution is 2.47. The number of hydrogen-bond donors (Lipinski definition) is 1. The van der Waals surface area contributed by atoms with E-state index in [4.69, 9.17) is 5.73 Å². The van der Waals surface area contributed by atoms with Crippen molar-refractivity contribution < 1.29 is 13.6 Å². The summed E-state index contributed by atoms with van der Waals surface area (Å²) in [4.78, 5) is 14.1. The van der Waals surface area contributed by atoms with Gasteiger partial charge in [-0.1, -0.05) is 6.08 Å². The second kappa shape index (κ2) is 6.37. The number of halogens is 2. The van der Waals surface area contributed by atoms with Gasteiger partial charge >= 0.3 is 0 Å². The molecule has 0 radical (unpaired) electrons. The van der Waals surface area contributed by atoms with Crippen molar-refractivity contribution >= 4 is 11.5 Å². The SMILES string of the molecule is NCC(F)=C1CCN(c2cc3c(cc2F)C(=O)C=CC3C2CC2)CC1. The Morgan fingerprint density at radius 2 is 1.96 bits per heavy atom. The summed E-state index contributed by atoms with van der Waals surface area (Å²) in [6, 6.07) is 3.24. The first-order chi connectivity index (χ1) is 12.1. The Balaban J connectivity index is 1.64. The Labute approximate surface area is 146 Å². The highest BCUT2D eigenvalue weighted by molar-refractivity contribution is 6.07. The van der Waals surface area contributed by atoms with Gasteiger partial charge in [-0.2, -0.15) is 0 Å². The molecule has 0 spiro atoms. The maximum atomic E-state index is 14.7. The van der Waals surface area contributed by atoms with Crippen LogP contribution in [0, 0.1) is 11.7 Å². The lowest BCUT2D eigenvalue weighted by molar-refractivity contribution is 0.104. The van der Waals surface area contributed by atoms with Crippen LogP contribution in [0.15, 0.2) is 35.7 Å². The zero-order valence-electron chi connectivity index (χ0n) is 14.1. The summed E-state index contributed by atoms with van der Waals surface area (Å²) in [5, 5.41) is 0. The predicted octanol–water partition coefficient (Wildman–Crippen LogP) is 3.85. The van der Waals surface area contributed by atoms with Gasteiger partial charge in [0, 0.05) is 31.1 Å². The molecule has 1 saturated heterocycles. The van der Waals surface area contributed by atoms with Crippen molar-refractivity contribution in [3.05, 3.63) is 52.6 Å². The summed E-state index contributed by atoms with van der Waals surface area (Å²) in [6.07, 6.45) is 6.99. The minimum Gasteiger partial charge on any atom is -0.369 e. The molecule has 2 fully saturated rings. The molecule has 2 N–H and O–H groups in total. The molecule has 4 rings (SSSR count). The quantitative estimate of drug-likeness (QED) is 0.906. The fourth-order valence-corrected chi connectivity index (χ4v) is 3.99. The summed E-state index contributed by atoms with van der Waals surface area (Å²) >= 11 is 0. The zero-order valence-corrected chi connectivity index (χ0v) is 14.1. The molecule has 25 heavy (non-hydrogen) atoms. The highest BCUT2D eigenvalue weighted by Gasteiger charge is 2.35. The first-order valence-corrected chi connectivity index (χ1v) is 8.96. The number of carbonyl (C=O) groups excluding carboxylic acids is 1. The summed E-state index contributed by atoms with van der Waals surface area (Å²) in [7, 11) is 0. The van der Waals surface area contributed by atoms with Crippen molar-refractivity contribution in [2.45, 2.75) is 31.6 Å². The standard InChI is InChI=1S/C20H22F2N2O/c21-17-9-16-15(14(12-1-2-12)3-4-20(16)25)10-19(17)24-7-5-13(6-8-24)18(22)11-23/h3-4,9-10,12,14H,1-2,5-8,11,23H2. The van der Waals surface area contributed by atoms with Crippen molar-refractivity contribution in [3.63, 3.8) is 0 Å². The molecule has 1 atom stereocenters. The van der Waals surface area contributed by atoms with Crippen LogP contribution in [0.3, 0.4) is 0 Å². The first-order valence-electron chi connectivity index (χ1n) is 8.96. The Morgan fingerprint density at radius 1 is 1.24 bits per heavy atom. The average molecular weight is 344 g/mol. The van der Waals surface area contributed by atoms with Gasteiger partial charge in [-0.05, 0) is 60.9 Å². The number of benzene rings is 1. The van der Waals surface area contributed by atoms with Crippen molar-refractivity contribution in [1.29, 1.82) is 0 Å². The zero-order chi connectivity index (χ0) is 17.6. The van der Waals surface area contributed by atoms with E-state index in [2.05, 4.69) is 0 Å². The first kappa shape index (κ1) is 16.5. The lowest BCUT2D eigenvalue weighted by atomic mass is 9.83. The average Bonchev–Trinajstić information content (AvgIpc) is 3.46. The van der Waals surface area contributed by atoms with E-state index in [-0.39, 0.29) is 29.9 Å². The van der Waals surface area contributed by atoms with Crippen molar-refractivity contribution in [2.75, 3.05) is 24.5 Å². The molecule has 1 aromatic rings. The fourth-order valence-electron chi connectivity index (χ4n) is 3.99. The molecule has 1 saturated carbocycles. The van der Waals surface area contributed by atoms with E-state index >= 15 is 0 Å². The topological polar surface area (TPSA) is 46.3 Å². The number of fused-ring (bicyclic) bond motifs is 1. The molecule has 1 heterocycles. The molecular weight excluding hydrogens is 322 g/mol. The molecule has 1 aliphatic heterocycles. The highest BCUT2D eigenvalue weighted by atomic mass is 19.1. The number of anilines is 1. The number of allylic oxidation sites excluding steroid dienone is 2. The third kappa shape index (κ3) is 3.01. The van der Waals surface area contributed by atoms with E-state index in [1.54, 1.807) is 6.08 Å². The molecule has 0 bridgehead atoms. The maximum Gasteiger partial charge on any atom is 0.185 e. The van der Waals surface area contributed by atoms with Crippen LogP contribution in [0.25, 0.3) is 0 Å². The molecule has 1 aromatic carbocycles. The van der Waals surface area contributed by atoms with Gasteiger partial charge in [0.15, 0.2) is 5.78 Å². The van der Waals surface area contributed by atoms with Gasteiger partial charge in [-0.25, -0.2) is 8.78 Å². The third-order valence-electron chi connectivity index (χ3n) is 5.60. The third-order valence-corrected chi connectivity index (χ3v) is 5.60. The van der Waals surface area contributed by atoms with Crippen molar-refractivity contribution in [1.82, 2.24) is 0 Å². The predicted molar refractivity (Wildman–Crippen MR) is 94.0 cm³/mol. The summed E-state index contributed by atoms with van der Waals surface area (Å²) < 4.78 is 28.3. The van der Waals surface area contributed by atoms with Crippen LogP contribution in [0.2, 0.25) is 0 Å². The van der Waals surface area contributed by atoms with Gasteiger partial charge in [-0.15, -0.1) is 0 Å². The summed E-state index contributed by atoms with van der Waals surface area (Å²) in [6.45, 7) is 1.06. The van der Waals surface area contributed by atoms with Crippen LogP contribution in [0.5, 0.6) is 0 Å². The van der Waals surface area contributed by atoms with Crippen LogP contribution in [-0.4, -0.2) is 25.4 Å². The van der Waals surface area contributed by atoms with Crippen LogP contribution < -0.4 is 10.6 Å². The molecule has 132 valence electrons. The van der Waals surface area contributed by atoms with E-state index in [0.29, 0.717) is 43.1 Å². The van der Waals surface area contributed by atoms with E-state index in [0.717, 1.165) is 24.0 Å². The second-order valence-electron chi connectivity index (χ2n) is 7.18. The number of rotatable bonds is 3. The smallest absolute Gasteiger partial charge is 0.185 e. The molecular formula is C20H22F2N2O. The number of piperidine rings is 1. The lowest BCUT2D eigenvalue weighted by Crippen LogP contribution is -2.32. The van der Waals surface area contributed by atoms with Gasteiger partial charge in [0.25, 0.3) is 0 Å². The van der Waals surface area contributed by atoms with Crippen LogP contribution in [0.4, 0.5) is 14.5 Å². The second-order valence-corrected chi connectivity index (χ2v) is 7.18. The van der Waals surface area contributed by atoms with Crippen LogP contribution >= 0.6 is 0 Å². The van der Waals surface area contributed by atoms with Gasteiger partial charge in [0.2, 0.25) is 0 Å². The van der Waals surface area contributed by atoms with Gasteiger partial charge in [0.1, 0.15) is 11.6 Å². The summed E-state index contributed by atoms with van der Waals surface area (Å²) in [5.74, 6) is 0.0444. The Kier molecular flexibility index (Phi) is 4.20. The molecule has 0 amide bonds. The number of nitrogens with zero attached hydrogens (tertiary/aromatic N) is 1. The lowest BCUT2D eigenvalue weighted by Gasteiger charge is -2.32. The van der Waals surface area contributed by atoms with Gasteiger partial charge in [0.05, 0.1) is 5.69 Å². The van der Waals surface area contributed by atoms with Crippen molar-refractivity contribution in [3.8, 4) is 0 Å². The maximum absolute atomic E-state index is 14.7. The number of ketones is 1. The number of carbonyl (C=O) groups is 1. The molecule has 3 aliphatic rings. The Morgan fingerprint density at radius 3 is 2.60 bits per heavy atom. The van der Waals surface area contributed by atoms with E-state index in [9.17, 15) is 13.6 Å². The normalized spacial score (nSPS) is 23.0. The molecule has 3 nitrogen and oxygen atoms in total. The Bertz CT molecular complexity index is 770. The monoisotopic (exact) mass is 344 g/mol. The van der Waals surface area contributed by atoms with Gasteiger partial charge < -0.3 is 10.6 Å².